The summed E-state index contributed by atoms with van der Waals surface area (Å²) >= 11 is 7.43. The van der Waals surface area contributed by atoms with Crippen LogP contribution < -0.4 is 10.1 Å². The number of nitrogens with zero attached hydrogens (tertiary/aromatic N) is 1. The van der Waals surface area contributed by atoms with Crippen LogP contribution in [0.15, 0.2) is 42.5 Å². The predicted molar refractivity (Wildman–Crippen MR) is 100 cm³/mol. The Kier molecular flexibility index (Phi) is 4.83. The lowest BCUT2D eigenvalue weighted by atomic mass is 10.2. The first-order valence-corrected chi connectivity index (χ1v) is 8.44. The number of carbonyl (C=O) groups is 1. The number of fused-ring (bicyclic) bond motifs is 1. The van der Waals surface area contributed by atoms with E-state index in [4.69, 9.17) is 16.3 Å². The minimum Gasteiger partial charge on any atom is -0.496 e. The summed E-state index contributed by atoms with van der Waals surface area (Å²) in [6.45, 7) is 2.03. The summed E-state index contributed by atoms with van der Waals surface area (Å²) in [6, 6.07) is 11.2. The van der Waals surface area contributed by atoms with Crippen LogP contribution in [0.1, 0.15) is 11.1 Å². The van der Waals surface area contributed by atoms with Crippen molar-refractivity contribution in [2.45, 2.75) is 6.92 Å². The molecule has 1 heterocycles. The fraction of sp³-hybridized carbons (Fsp3) is 0.111. The van der Waals surface area contributed by atoms with Gasteiger partial charge in [-0.2, -0.15) is 0 Å². The van der Waals surface area contributed by atoms with Crippen LogP contribution in [-0.2, 0) is 4.79 Å². The SMILES string of the molecule is COc1ccc(Cl)cc1/C=C/C(=O)Nc1nc2ccc(C)cc2s1. The number of benzene rings is 2. The van der Waals surface area contributed by atoms with Gasteiger partial charge in [-0.3, -0.25) is 10.1 Å². The number of halogens is 1. The molecule has 3 aromatic rings. The van der Waals surface area contributed by atoms with Gasteiger partial charge in [0.2, 0.25) is 5.91 Å². The minimum absolute atomic E-state index is 0.257. The van der Waals surface area contributed by atoms with Crippen molar-refractivity contribution in [1.82, 2.24) is 4.98 Å². The van der Waals surface area contributed by atoms with Crippen molar-refractivity contribution < 1.29 is 9.53 Å². The molecule has 0 aliphatic carbocycles. The third kappa shape index (κ3) is 3.75. The zero-order valence-electron chi connectivity index (χ0n) is 13.2. The van der Waals surface area contributed by atoms with Gasteiger partial charge in [-0.25, -0.2) is 4.98 Å². The van der Waals surface area contributed by atoms with Crippen molar-refractivity contribution in [1.29, 1.82) is 0 Å². The monoisotopic (exact) mass is 358 g/mol. The van der Waals surface area contributed by atoms with E-state index >= 15 is 0 Å². The van der Waals surface area contributed by atoms with Gasteiger partial charge in [-0.15, -0.1) is 0 Å². The largest absolute Gasteiger partial charge is 0.496 e. The molecule has 24 heavy (non-hydrogen) atoms. The Hall–Kier alpha value is -2.37. The molecule has 0 saturated heterocycles. The quantitative estimate of drug-likeness (QED) is 0.673. The van der Waals surface area contributed by atoms with Crippen LogP contribution in [0.3, 0.4) is 0 Å². The summed E-state index contributed by atoms with van der Waals surface area (Å²) in [7, 11) is 1.57. The van der Waals surface area contributed by atoms with E-state index in [1.165, 1.54) is 17.4 Å². The Bertz CT molecular complexity index is 934. The average Bonchev–Trinajstić information content (AvgIpc) is 2.94. The molecule has 0 atom stereocenters. The summed E-state index contributed by atoms with van der Waals surface area (Å²) in [5.74, 6) is 0.395. The van der Waals surface area contributed by atoms with Crippen molar-refractivity contribution >= 4 is 50.3 Å². The lowest BCUT2D eigenvalue weighted by Crippen LogP contribution is -2.07. The molecule has 4 nitrogen and oxygen atoms in total. The number of anilines is 1. The molecule has 0 bridgehead atoms. The van der Waals surface area contributed by atoms with Crippen LogP contribution in [-0.4, -0.2) is 18.0 Å². The summed E-state index contributed by atoms with van der Waals surface area (Å²) < 4.78 is 6.30. The number of aromatic nitrogens is 1. The second-order valence-corrected chi connectivity index (χ2v) is 6.67. The lowest BCUT2D eigenvalue weighted by molar-refractivity contribution is -0.111. The van der Waals surface area contributed by atoms with Gasteiger partial charge < -0.3 is 4.74 Å². The Balaban J connectivity index is 1.76. The van der Waals surface area contributed by atoms with Crippen molar-refractivity contribution in [3.8, 4) is 5.75 Å². The highest BCUT2D eigenvalue weighted by atomic mass is 35.5. The highest BCUT2D eigenvalue weighted by molar-refractivity contribution is 7.22. The number of hydrogen-bond acceptors (Lipinski definition) is 4. The lowest BCUT2D eigenvalue weighted by Gasteiger charge is -2.04. The summed E-state index contributed by atoms with van der Waals surface area (Å²) in [4.78, 5) is 16.5. The van der Waals surface area contributed by atoms with Crippen LogP contribution in [0, 0.1) is 6.92 Å². The summed E-state index contributed by atoms with van der Waals surface area (Å²) in [6.07, 6.45) is 3.10. The molecule has 0 spiro atoms. The predicted octanol–water partition coefficient (Wildman–Crippen LogP) is 4.92. The van der Waals surface area contributed by atoms with E-state index < -0.39 is 0 Å². The Labute approximate surface area is 148 Å². The molecule has 0 saturated carbocycles. The molecule has 0 fully saturated rings. The van der Waals surface area contributed by atoms with E-state index in [0.717, 1.165) is 21.3 Å². The van der Waals surface area contributed by atoms with Gasteiger partial charge in [0.1, 0.15) is 5.75 Å². The van der Waals surface area contributed by atoms with E-state index in [1.54, 1.807) is 31.4 Å². The maximum absolute atomic E-state index is 12.1. The first-order valence-electron chi connectivity index (χ1n) is 7.25. The molecule has 0 radical (unpaired) electrons. The Morgan fingerprint density at radius 3 is 2.92 bits per heavy atom. The Morgan fingerprint density at radius 2 is 2.12 bits per heavy atom. The molecular formula is C18H15ClN2O2S. The van der Waals surface area contributed by atoms with Crippen LogP contribution in [0.2, 0.25) is 5.02 Å². The fourth-order valence-corrected chi connectivity index (χ4v) is 3.38. The molecule has 0 aliphatic heterocycles. The van der Waals surface area contributed by atoms with Gasteiger partial charge in [0.25, 0.3) is 0 Å². The van der Waals surface area contributed by atoms with Gasteiger partial charge in [0.05, 0.1) is 17.3 Å². The number of hydrogen-bond donors (Lipinski definition) is 1. The summed E-state index contributed by atoms with van der Waals surface area (Å²) in [5, 5.41) is 3.93. The second-order valence-electron chi connectivity index (χ2n) is 5.20. The van der Waals surface area contributed by atoms with Gasteiger partial charge in [0, 0.05) is 16.7 Å². The first kappa shape index (κ1) is 16.5. The van der Waals surface area contributed by atoms with Crippen molar-refractivity contribution in [3.63, 3.8) is 0 Å². The minimum atomic E-state index is -0.257. The zero-order chi connectivity index (χ0) is 17.1. The molecular weight excluding hydrogens is 344 g/mol. The van der Waals surface area contributed by atoms with E-state index in [-0.39, 0.29) is 5.91 Å². The fourth-order valence-electron chi connectivity index (χ4n) is 2.23. The number of rotatable bonds is 4. The second kappa shape index (κ2) is 7.03. The molecule has 0 aliphatic rings. The molecule has 1 N–H and O–H groups in total. The molecule has 3 rings (SSSR count). The number of thiazole rings is 1. The van der Waals surface area contributed by atoms with Crippen molar-refractivity contribution in [2.24, 2.45) is 0 Å². The molecule has 6 heteroatoms. The van der Waals surface area contributed by atoms with E-state index in [0.29, 0.717) is 15.9 Å². The van der Waals surface area contributed by atoms with Gasteiger partial charge in [-0.1, -0.05) is 29.0 Å². The van der Waals surface area contributed by atoms with Gasteiger partial charge >= 0.3 is 0 Å². The maximum Gasteiger partial charge on any atom is 0.250 e. The molecule has 1 amide bonds. The smallest absolute Gasteiger partial charge is 0.250 e. The zero-order valence-corrected chi connectivity index (χ0v) is 14.7. The third-order valence-corrected chi connectivity index (χ3v) is 4.55. The number of amides is 1. The number of nitrogens with one attached hydrogen (secondary N) is 1. The Morgan fingerprint density at radius 1 is 1.29 bits per heavy atom. The third-order valence-electron chi connectivity index (χ3n) is 3.38. The highest BCUT2D eigenvalue weighted by Gasteiger charge is 2.07. The van der Waals surface area contributed by atoms with Crippen molar-refractivity contribution in [3.05, 3.63) is 58.6 Å². The van der Waals surface area contributed by atoms with Crippen LogP contribution in [0.25, 0.3) is 16.3 Å². The number of methoxy groups -OCH3 is 1. The maximum atomic E-state index is 12.1. The molecule has 1 aromatic heterocycles. The molecule has 2 aromatic carbocycles. The average molecular weight is 359 g/mol. The normalized spacial score (nSPS) is 11.1. The molecule has 0 unspecified atom stereocenters. The topological polar surface area (TPSA) is 51.2 Å². The number of ether oxygens (including phenoxy) is 1. The van der Waals surface area contributed by atoms with Crippen LogP contribution >= 0.6 is 22.9 Å². The first-order chi connectivity index (χ1) is 11.5. The van der Waals surface area contributed by atoms with Crippen LogP contribution in [0.5, 0.6) is 5.75 Å². The number of carbonyl (C=O) groups excluding carboxylic acids is 1. The van der Waals surface area contributed by atoms with Gasteiger partial charge in [-0.05, 0) is 48.9 Å². The van der Waals surface area contributed by atoms with Gasteiger partial charge in [0.15, 0.2) is 5.13 Å². The van der Waals surface area contributed by atoms with Crippen LogP contribution in [0.4, 0.5) is 5.13 Å². The number of aryl methyl sites for hydroxylation is 1. The van der Waals surface area contributed by atoms with E-state index in [9.17, 15) is 4.79 Å². The summed E-state index contributed by atoms with van der Waals surface area (Å²) in [5.41, 5.74) is 2.78. The molecule has 122 valence electrons. The van der Waals surface area contributed by atoms with Crippen molar-refractivity contribution in [2.75, 3.05) is 12.4 Å². The van der Waals surface area contributed by atoms with E-state index in [2.05, 4.69) is 16.4 Å². The van der Waals surface area contributed by atoms with E-state index in [1.807, 2.05) is 19.1 Å². The standard InChI is InChI=1S/C18H15ClN2O2S/c1-11-3-6-14-16(9-11)24-18(20-14)21-17(22)8-4-12-10-13(19)5-7-15(12)23-2/h3-10H,1-2H3,(H,20,21,22)/b8-4+. The highest BCUT2D eigenvalue weighted by Crippen LogP contribution is 2.27.